The molecule has 3 atom stereocenters. The van der Waals surface area contributed by atoms with Gasteiger partial charge in [0.25, 0.3) is 0 Å². The number of phenolic OH excluding ortho intramolecular Hbond substituents is 1. The number of phenols is 1. The zero-order valence-electron chi connectivity index (χ0n) is 42.2. The van der Waals surface area contributed by atoms with Gasteiger partial charge in [0.05, 0.1) is 31.0 Å². The van der Waals surface area contributed by atoms with Crippen molar-refractivity contribution in [2.45, 2.75) is 145 Å². The number of methoxy groups -OCH3 is 2. The van der Waals surface area contributed by atoms with Crippen LogP contribution >= 0.6 is 11.3 Å². The van der Waals surface area contributed by atoms with Crippen molar-refractivity contribution >= 4 is 39.3 Å². The van der Waals surface area contributed by atoms with Crippen LogP contribution in [0.1, 0.15) is 143 Å². The fraction of sp³-hybridized carbons (Fsp3) is 0.509. The molecule has 10 nitrogen and oxygen atoms in total. The van der Waals surface area contributed by atoms with Crippen molar-refractivity contribution in [2.75, 3.05) is 20.8 Å². The second-order valence-electron chi connectivity index (χ2n) is 19.6. The first-order valence-corrected chi connectivity index (χ1v) is 25.4. The van der Waals surface area contributed by atoms with Crippen LogP contribution in [-0.4, -0.2) is 53.8 Å². The molecule has 0 fully saturated rings. The fourth-order valence-electron chi connectivity index (χ4n) is 9.21. The van der Waals surface area contributed by atoms with Crippen molar-refractivity contribution < 1.29 is 38.4 Å². The van der Waals surface area contributed by atoms with Gasteiger partial charge in [0.2, 0.25) is 0 Å². The normalized spacial score (nSPS) is 15.2. The molecule has 0 amide bonds. The summed E-state index contributed by atoms with van der Waals surface area (Å²) >= 11 is 1.09. The van der Waals surface area contributed by atoms with Crippen LogP contribution in [0.3, 0.4) is 0 Å². The number of nitrogens with zero attached hydrogens (tertiary/aromatic N) is 1. The van der Waals surface area contributed by atoms with Gasteiger partial charge in [-0.2, -0.15) is 0 Å². The Labute approximate surface area is 408 Å². The molecule has 1 aromatic heterocycles. The van der Waals surface area contributed by atoms with Crippen molar-refractivity contribution in [1.82, 2.24) is 4.57 Å². The number of ketones is 1. The summed E-state index contributed by atoms with van der Waals surface area (Å²) in [6.07, 6.45) is 14.2. The fourth-order valence-corrected chi connectivity index (χ4v) is 10.2. The number of esters is 2. The maximum atomic E-state index is 12.7. The number of benzene rings is 4. The minimum atomic E-state index is -1.04. The average Bonchev–Trinajstić information content (AvgIpc) is 3.65. The first-order valence-electron chi connectivity index (χ1n) is 24.6. The van der Waals surface area contributed by atoms with Crippen molar-refractivity contribution in [3.63, 3.8) is 0 Å². The summed E-state index contributed by atoms with van der Waals surface area (Å²) in [5, 5.41) is 10.4. The van der Waals surface area contributed by atoms with E-state index in [1.165, 1.54) is 71.1 Å². The van der Waals surface area contributed by atoms with Crippen LogP contribution in [-0.2, 0) is 38.4 Å². The molecular weight excluding hydrogens is 875 g/mol. The summed E-state index contributed by atoms with van der Waals surface area (Å²) in [6, 6.07) is 21.3. The molecule has 3 unspecified atom stereocenters. The highest BCUT2D eigenvalue weighted by Gasteiger charge is 2.34. The van der Waals surface area contributed by atoms with Gasteiger partial charge in [-0.15, -0.1) is 0 Å². The zero-order chi connectivity index (χ0) is 49.5. The maximum absolute atomic E-state index is 12.7. The third kappa shape index (κ3) is 14.5. The second-order valence-corrected chi connectivity index (χ2v) is 20.6. The van der Waals surface area contributed by atoms with E-state index >= 15 is 0 Å². The Bertz CT molecular complexity index is 2490. The Balaban J connectivity index is 0.000000259. The second kappa shape index (κ2) is 25.3. The van der Waals surface area contributed by atoms with Crippen LogP contribution in [0.2, 0.25) is 0 Å². The lowest BCUT2D eigenvalue weighted by Crippen LogP contribution is -2.37. The molecule has 6 rings (SSSR count). The lowest BCUT2D eigenvalue weighted by atomic mass is 9.84. The number of fused-ring (bicyclic) bond motifs is 2. The molecule has 2 heterocycles. The van der Waals surface area contributed by atoms with Crippen LogP contribution in [0.5, 0.6) is 17.2 Å². The topological polar surface area (TPSA) is 130 Å². The van der Waals surface area contributed by atoms with E-state index in [-0.39, 0.29) is 29.3 Å². The van der Waals surface area contributed by atoms with Crippen molar-refractivity contribution in [3.05, 3.63) is 121 Å². The van der Waals surface area contributed by atoms with Crippen LogP contribution in [0.25, 0.3) is 10.2 Å². The molecular formula is C57H75NO9S. The number of thiazole rings is 1. The molecule has 1 aliphatic heterocycles. The van der Waals surface area contributed by atoms with Gasteiger partial charge in [0.15, 0.2) is 11.7 Å². The first kappa shape index (κ1) is 53.5. The number of hydrogen-bond donors (Lipinski definition) is 1. The predicted octanol–water partition coefficient (Wildman–Crippen LogP) is 12.7. The lowest BCUT2D eigenvalue weighted by molar-refractivity contribution is -0.158. The Hall–Kier alpha value is -5.42. The third-order valence-corrected chi connectivity index (χ3v) is 14.7. The van der Waals surface area contributed by atoms with Crippen LogP contribution in [0.15, 0.2) is 77.6 Å². The summed E-state index contributed by atoms with van der Waals surface area (Å²) < 4.78 is 24.2. The van der Waals surface area contributed by atoms with Gasteiger partial charge in [-0.1, -0.05) is 126 Å². The van der Waals surface area contributed by atoms with E-state index in [4.69, 9.17) is 18.9 Å². The Morgan fingerprint density at radius 3 is 2.01 bits per heavy atom. The molecule has 0 aliphatic carbocycles. The quantitative estimate of drug-likeness (QED) is 0.0409. The molecule has 1 aliphatic rings. The van der Waals surface area contributed by atoms with Gasteiger partial charge in [-0.05, 0) is 130 Å². The van der Waals surface area contributed by atoms with E-state index < -0.39 is 17.9 Å². The number of hydrogen-bond acceptors (Lipinski definition) is 10. The highest BCUT2D eigenvalue weighted by molar-refractivity contribution is 7.16. The van der Waals surface area contributed by atoms with Crippen LogP contribution in [0.4, 0.5) is 0 Å². The van der Waals surface area contributed by atoms with Gasteiger partial charge in [0, 0.05) is 16.7 Å². The van der Waals surface area contributed by atoms with E-state index in [1.807, 2.05) is 32.0 Å². The maximum Gasteiger partial charge on any atom is 0.320 e. The molecule has 5 aromatic rings. The lowest BCUT2D eigenvalue weighted by Gasteiger charge is -2.38. The van der Waals surface area contributed by atoms with E-state index in [1.54, 1.807) is 59.2 Å². The van der Waals surface area contributed by atoms with E-state index in [0.717, 1.165) is 86.6 Å². The minimum Gasteiger partial charge on any atom is -0.507 e. The monoisotopic (exact) mass is 950 g/mol. The molecule has 68 heavy (non-hydrogen) atoms. The smallest absolute Gasteiger partial charge is 0.320 e. The molecule has 0 saturated heterocycles. The summed E-state index contributed by atoms with van der Waals surface area (Å²) in [4.78, 5) is 49.0. The van der Waals surface area contributed by atoms with E-state index in [0.29, 0.717) is 29.2 Å². The largest absolute Gasteiger partial charge is 0.507 e. The van der Waals surface area contributed by atoms with Gasteiger partial charge >= 0.3 is 16.8 Å². The Morgan fingerprint density at radius 2 is 1.40 bits per heavy atom. The van der Waals surface area contributed by atoms with Gasteiger partial charge in [-0.25, -0.2) is 0 Å². The number of carbonyl (C=O) groups is 3. The summed E-state index contributed by atoms with van der Waals surface area (Å²) in [6.45, 7) is 18.5. The highest BCUT2D eigenvalue weighted by Crippen LogP contribution is 2.44. The van der Waals surface area contributed by atoms with Crippen molar-refractivity contribution in [1.29, 1.82) is 0 Å². The SMILES string of the molecule is COC(=O)C(Cc1ccc(OCCn2c(=O)sc3cc(C(=O)c4ccccc4)ccc32)cc1)C(=O)OC.Cc1c(C)c2c(c(C)c1O)CCC(C)(CCCC(C)CCCC(C)CCCC(C)C)O2. The van der Waals surface area contributed by atoms with Crippen LogP contribution < -0.4 is 14.3 Å². The molecule has 0 saturated carbocycles. The van der Waals surface area contributed by atoms with Gasteiger partial charge in [-0.3, -0.25) is 23.7 Å². The third-order valence-electron chi connectivity index (χ3n) is 13.8. The summed E-state index contributed by atoms with van der Waals surface area (Å²) in [7, 11) is 2.45. The predicted molar refractivity (Wildman–Crippen MR) is 274 cm³/mol. The van der Waals surface area contributed by atoms with Gasteiger partial charge in [0.1, 0.15) is 29.5 Å². The molecule has 368 valence electrons. The minimum absolute atomic E-state index is 0.0712. The Kier molecular flexibility index (Phi) is 19.9. The standard InChI is InChI=1S/C29H50O2.C28H25NO7S/c1-20(2)12-9-13-21(3)14-10-15-22(4)16-11-18-29(8)19-17-26-25(7)27(30)23(5)24(6)28(26)31-29;1-34-26(31)22(27(32)35-2)16-18-8-11-21(12-9-18)36-15-14-29-23-13-10-20(17-24(23)37-28(29)33)25(30)19-6-4-3-5-7-19/h20-22,30H,9-19H2,1-8H3;3-13,17,22H,14-16H2,1-2H3. The zero-order valence-corrected chi connectivity index (χ0v) is 43.0. The number of ether oxygens (including phenoxy) is 4. The summed E-state index contributed by atoms with van der Waals surface area (Å²) in [5.74, 6) is 2.18. The first-order chi connectivity index (χ1) is 32.4. The molecule has 11 heteroatoms. The summed E-state index contributed by atoms with van der Waals surface area (Å²) in [5.41, 5.74) is 6.85. The molecule has 0 bridgehead atoms. The van der Waals surface area contributed by atoms with E-state index in [2.05, 4.69) is 41.5 Å². The van der Waals surface area contributed by atoms with Gasteiger partial charge < -0.3 is 24.1 Å². The van der Waals surface area contributed by atoms with E-state index in [9.17, 15) is 24.3 Å². The molecule has 4 aromatic carbocycles. The molecule has 0 spiro atoms. The average molecular weight is 950 g/mol. The Morgan fingerprint density at radius 1 is 0.779 bits per heavy atom. The van der Waals surface area contributed by atoms with Crippen molar-refractivity contribution in [3.8, 4) is 17.2 Å². The molecule has 1 N–H and O–H groups in total. The van der Waals surface area contributed by atoms with Crippen LogP contribution in [0, 0.1) is 44.4 Å². The number of rotatable bonds is 22. The number of carbonyl (C=O) groups excluding carboxylic acids is 3. The van der Waals surface area contributed by atoms with Crippen molar-refractivity contribution in [2.24, 2.45) is 23.7 Å². The molecule has 0 radical (unpaired) electrons. The highest BCUT2D eigenvalue weighted by atomic mass is 32.1. The number of aromatic nitrogens is 1. The number of aromatic hydroxyl groups is 1.